The normalized spacial score (nSPS) is 46.8. The number of ether oxygens (including phenoxy) is 3. The van der Waals surface area contributed by atoms with Crippen LogP contribution in [0.15, 0.2) is 0 Å². The molecule has 1 amide bonds. The highest BCUT2D eigenvalue weighted by Crippen LogP contribution is 2.28. The standard InChI is InChI=1S/C14H25NO11/c1-4(18)15-7-9(20)12(6(3-17)24-13(7)23)26-14-11(22)10(21)8(19)5(2-16)25-14/h5-14,16-17,19-23H,2-3H2,1H3,(H,15,18)/t5?,6?,7-,8-,9?,10?,11-,12-,13+,14-/m0/s1. The molecule has 0 aromatic heterocycles. The van der Waals surface area contributed by atoms with Crippen LogP contribution in [0.1, 0.15) is 6.92 Å². The second-order valence-electron chi connectivity index (χ2n) is 6.26. The Morgan fingerprint density at radius 3 is 2.08 bits per heavy atom. The van der Waals surface area contributed by atoms with Gasteiger partial charge in [-0.2, -0.15) is 0 Å². The van der Waals surface area contributed by atoms with E-state index in [0.717, 1.165) is 6.92 Å². The highest BCUT2D eigenvalue weighted by Gasteiger charge is 2.50. The van der Waals surface area contributed by atoms with Crippen LogP contribution in [0.2, 0.25) is 0 Å². The number of aliphatic hydroxyl groups is 7. The van der Waals surface area contributed by atoms with E-state index in [1.165, 1.54) is 0 Å². The summed E-state index contributed by atoms with van der Waals surface area (Å²) in [7, 11) is 0. The Labute approximate surface area is 148 Å². The van der Waals surface area contributed by atoms with E-state index >= 15 is 0 Å². The minimum Gasteiger partial charge on any atom is -0.394 e. The number of rotatable bonds is 5. The zero-order chi connectivity index (χ0) is 19.6. The molecule has 0 aromatic rings. The van der Waals surface area contributed by atoms with Gasteiger partial charge >= 0.3 is 0 Å². The lowest BCUT2D eigenvalue weighted by molar-refractivity contribution is -0.345. The molecule has 2 fully saturated rings. The van der Waals surface area contributed by atoms with Crippen LogP contribution in [0.25, 0.3) is 0 Å². The van der Waals surface area contributed by atoms with E-state index in [-0.39, 0.29) is 0 Å². The summed E-state index contributed by atoms with van der Waals surface area (Å²) in [5.74, 6) is -0.564. The minimum absolute atomic E-state index is 0.564. The maximum absolute atomic E-state index is 11.2. The Morgan fingerprint density at radius 2 is 1.54 bits per heavy atom. The molecular formula is C14H25NO11. The van der Waals surface area contributed by atoms with E-state index in [4.69, 9.17) is 14.2 Å². The van der Waals surface area contributed by atoms with Crippen LogP contribution < -0.4 is 5.32 Å². The fraction of sp³-hybridized carbons (Fsp3) is 0.929. The van der Waals surface area contributed by atoms with Crippen LogP contribution >= 0.6 is 0 Å². The minimum atomic E-state index is -1.73. The smallest absolute Gasteiger partial charge is 0.217 e. The molecule has 0 radical (unpaired) electrons. The lowest BCUT2D eigenvalue weighted by atomic mass is 9.95. The summed E-state index contributed by atoms with van der Waals surface area (Å²) in [5, 5.41) is 70.7. The molecule has 2 rings (SSSR count). The van der Waals surface area contributed by atoms with Crippen molar-refractivity contribution in [2.45, 2.75) is 68.3 Å². The zero-order valence-electron chi connectivity index (χ0n) is 14.0. The number of amides is 1. The van der Waals surface area contributed by atoms with Gasteiger partial charge in [0.25, 0.3) is 0 Å². The highest BCUT2D eigenvalue weighted by molar-refractivity contribution is 5.73. The van der Waals surface area contributed by atoms with Crippen LogP contribution in [-0.2, 0) is 19.0 Å². The Bertz CT molecular complexity index is 478. The van der Waals surface area contributed by atoms with Crippen molar-refractivity contribution in [2.75, 3.05) is 13.2 Å². The fourth-order valence-corrected chi connectivity index (χ4v) is 2.98. The molecule has 0 aromatic carbocycles. The van der Waals surface area contributed by atoms with Crippen LogP contribution in [0.4, 0.5) is 0 Å². The fourth-order valence-electron chi connectivity index (χ4n) is 2.98. The van der Waals surface area contributed by atoms with E-state index < -0.39 is 80.5 Å². The van der Waals surface area contributed by atoms with Crippen LogP contribution in [-0.4, -0.2) is 116 Å². The van der Waals surface area contributed by atoms with E-state index in [1.807, 2.05) is 0 Å². The van der Waals surface area contributed by atoms with Crippen molar-refractivity contribution >= 4 is 5.91 Å². The number of nitrogens with one attached hydrogen (secondary N) is 1. The number of aliphatic hydroxyl groups excluding tert-OH is 7. The number of carbonyl (C=O) groups excluding carboxylic acids is 1. The summed E-state index contributed by atoms with van der Waals surface area (Å²) in [6.45, 7) is -0.195. The molecule has 0 saturated carbocycles. The first-order valence-corrected chi connectivity index (χ1v) is 8.06. The maximum Gasteiger partial charge on any atom is 0.217 e. The molecule has 12 heteroatoms. The SMILES string of the molecule is CC(=O)N[C@H]1C(O)[C@@H](O[C@@H]2OC(CO)[C@H](O)C(O)[C@@H]2O)C(CO)O[C@H]1O. The van der Waals surface area contributed by atoms with Crippen molar-refractivity contribution in [3.8, 4) is 0 Å². The Morgan fingerprint density at radius 1 is 0.923 bits per heavy atom. The van der Waals surface area contributed by atoms with Crippen LogP contribution in [0.3, 0.4) is 0 Å². The van der Waals surface area contributed by atoms with E-state index in [0.29, 0.717) is 0 Å². The second-order valence-corrected chi connectivity index (χ2v) is 6.26. The van der Waals surface area contributed by atoms with E-state index in [9.17, 15) is 40.5 Å². The first-order chi connectivity index (χ1) is 12.2. The average Bonchev–Trinajstić information content (AvgIpc) is 2.60. The molecule has 2 aliphatic rings. The van der Waals surface area contributed by atoms with Crippen LogP contribution in [0, 0.1) is 0 Å². The van der Waals surface area contributed by atoms with Gasteiger partial charge in [0.1, 0.15) is 48.8 Å². The van der Waals surface area contributed by atoms with Crippen molar-refractivity contribution in [3.63, 3.8) is 0 Å². The molecule has 2 saturated heterocycles. The molecule has 12 nitrogen and oxygen atoms in total. The van der Waals surface area contributed by atoms with Gasteiger partial charge in [0, 0.05) is 6.92 Å². The van der Waals surface area contributed by atoms with Gasteiger partial charge in [0.2, 0.25) is 5.91 Å². The lowest BCUT2D eigenvalue weighted by Crippen LogP contribution is -2.67. The molecule has 152 valence electrons. The number of carbonyl (C=O) groups is 1. The zero-order valence-corrected chi connectivity index (χ0v) is 14.0. The summed E-state index contributed by atoms with van der Waals surface area (Å²) in [6.07, 6.45) is -13.6. The average molecular weight is 383 g/mol. The third-order valence-electron chi connectivity index (χ3n) is 4.38. The Hall–Kier alpha value is -0.930. The van der Waals surface area contributed by atoms with Crippen molar-refractivity contribution in [1.29, 1.82) is 0 Å². The highest BCUT2D eigenvalue weighted by atomic mass is 16.7. The van der Waals surface area contributed by atoms with Crippen molar-refractivity contribution in [3.05, 3.63) is 0 Å². The predicted octanol–water partition coefficient (Wildman–Crippen LogP) is -5.25. The molecule has 0 bridgehead atoms. The molecular weight excluding hydrogens is 358 g/mol. The van der Waals surface area contributed by atoms with Gasteiger partial charge in [-0.3, -0.25) is 4.79 Å². The summed E-state index contributed by atoms with van der Waals surface area (Å²) >= 11 is 0. The van der Waals surface area contributed by atoms with Gasteiger partial charge in [-0.1, -0.05) is 0 Å². The van der Waals surface area contributed by atoms with Crippen molar-refractivity contribution < 1.29 is 54.8 Å². The largest absolute Gasteiger partial charge is 0.394 e. The third-order valence-corrected chi connectivity index (χ3v) is 4.38. The predicted molar refractivity (Wildman–Crippen MR) is 80.2 cm³/mol. The molecule has 8 N–H and O–H groups in total. The summed E-state index contributed by atoms with van der Waals surface area (Å²) in [6, 6.07) is -1.29. The van der Waals surface area contributed by atoms with Crippen LogP contribution in [0.5, 0.6) is 0 Å². The number of hydrogen-bond acceptors (Lipinski definition) is 11. The van der Waals surface area contributed by atoms with E-state index in [1.54, 1.807) is 0 Å². The van der Waals surface area contributed by atoms with Gasteiger partial charge in [-0.05, 0) is 0 Å². The second kappa shape index (κ2) is 8.84. The van der Waals surface area contributed by atoms with Crippen molar-refractivity contribution in [2.24, 2.45) is 0 Å². The van der Waals surface area contributed by atoms with Gasteiger partial charge in [0.05, 0.1) is 13.2 Å². The quantitative estimate of drug-likeness (QED) is 0.226. The molecule has 0 aliphatic carbocycles. The summed E-state index contributed by atoms with van der Waals surface area (Å²) in [5.41, 5.74) is 0. The maximum atomic E-state index is 11.2. The topological polar surface area (TPSA) is 198 Å². The summed E-state index contributed by atoms with van der Waals surface area (Å²) < 4.78 is 15.7. The molecule has 0 spiro atoms. The molecule has 2 heterocycles. The summed E-state index contributed by atoms with van der Waals surface area (Å²) in [4.78, 5) is 11.2. The Balaban J connectivity index is 2.16. The van der Waals surface area contributed by atoms with Crippen molar-refractivity contribution in [1.82, 2.24) is 5.32 Å². The van der Waals surface area contributed by atoms with Gasteiger partial charge < -0.3 is 55.3 Å². The van der Waals surface area contributed by atoms with Gasteiger partial charge in [-0.25, -0.2) is 0 Å². The van der Waals surface area contributed by atoms with E-state index in [2.05, 4.69) is 5.32 Å². The Kier molecular flexibility index (Phi) is 7.27. The molecule has 4 unspecified atom stereocenters. The lowest BCUT2D eigenvalue weighted by Gasteiger charge is -2.46. The first-order valence-electron chi connectivity index (χ1n) is 8.06. The monoisotopic (exact) mass is 383 g/mol. The van der Waals surface area contributed by atoms with Gasteiger partial charge in [0.15, 0.2) is 12.6 Å². The third kappa shape index (κ3) is 4.31. The molecule has 2 aliphatic heterocycles. The first kappa shape index (κ1) is 21.4. The van der Waals surface area contributed by atoms with Gasteiger partial charge in [-0.15, -0.1) is 0 Å². The molecule has 10 atom stereocenters. The molecule has 26 heavy (non-hydrogen) atoms. The number of hydrogen-bond donors (Lipinski definition) is 8.